The summed E-state index contributed by atoms with van der Waals surface area (Å²) < 4.78 is 0. The van der Waals surface area contributed by atoms with Crippen molar-refractivity contribution < 1.29 is 9.69 Å². The highest BCUT2D eigenvalue weighted by Crippen LogP contribution is 2.03. The largest absolute Gasteiger partial charge is 0.329 e. The van der Waals surface area contributed by atoms with Gasteiger partial charge >= 0.3 is 0 Å². The number of hydrogen-bond acceptors (Lipinski definition) is 2. The Kier molecular flexibility index (Phi) is 5.17. The Morgan fingerprint density at radius 2 is 1.91 bits per heavy atom. The van der Waals surface area contributed by atoms with Gasteiger partial charge in [0.15, 0.2) is 0 Å². The minimum Gasteiger partial charge on any atom is -0.329 e. The summed E-state index contributed by atoms with van der Waals surface area (Å²) in [5.74, 6) is 0.0944. The van der Waals surface area contributed by atoms with E-state index in [9.17, 15) is 4.79 Å². The second kappa shape index (κ2) is 7.70. The minimum atomic E-state index is 0.0944. The van der Waals surface area contributed by atoms with Crippen LogP contribution in [-0.4, -0.2) is 48.5 Å². The van der Waals surface area contributed by atoms with Gasteiger partial charge in [-0.1, -0.05) is 36.4 Å². The van der Waals surface area contributed by atoms with Gasteiger partial charge in [-0.3, -0.25) is 9.78 Å². The van der Waals surface area contributed by atoms with E-state index in [0.29, 0.717) is 5.56 Å². The zero-order valence-electron chi connectivity index (χ0n) is 13.2. The van der Waals surface area contributed by atoms with Crippen molar-refractivity contribution in [2.24, 2.45) is 0 Å². The summed E-state index contributed by atoms with van der Waals surface area (Å²) in [6.45, 7) is 4.60. The third kappa shape index (κ3) is 4.27. The van der Waals surface area contributed by atoms with Crippen LogP contribution in [0.4, 0.5) is 0 Å². The highest BCUT2D eigenvalue weighted by Gasteiger charge is 2.23. The molecular formula is C19H22N3O+. The van der Waals surface area contributed by atoms with Gasteiger partial charge in [-0.15, -0.1) is 0 Å². The van der Waals surface area contributed by atoms with Crippen molar-refractivity contribution in [1.29, 1.82) is 0 Å². The van der Waals surface area contributed by atoms with Crippen molar-refractivity contribution >= 4 is 12.0 Å². The van der Waals surface area contributed by atoms with Gasteiger partial charge in [0.25, 0.3) is 5.91 Å². The van der Waals surface area contributed by atoms with Crippen LogP contribution in [0.5, 0.6) is 0 Å². The second-order valence-corrected chi connectivity index (χ2v) is 5.80. The molecule has 1 aromatic heterocycles. The molecule has 23 heavy (non-hydrogen) atoms. The van der Waals surface area contributed by atoms with Crippen LogP contribution in [0, 0.1) is 0 Å². The number of pyridine rings is 1. The maximum atomic E-state index is 12.4. The molecule has 118 valence electrons. The number of carbonyl (C=O) groups is 1. The van der Waals surface area contributed by atoms with Gasteiger partial charge in [0, 0.05) is 12.4 Å². The van der Waals surface area contributed by atoms with Crippen LogP contribution < -0.4 is 4.90 Å². The second-order valence-electron chi connectivity index (χ2n) is 5.80. The Balaban J connectivity index is 1.47. The van der Waals surface area contributed by atoms with Gasteiger partial charge in [-0.05, 0) is 23.8 Å². The molecule has 0 unspecified atom stereocenters. The fourth-order valence-electron chi connectivity index (χ4n) is 2.83. The van der Waals surface area contributed by atoms with Crippen LogP contribution in [0.1, 0.15) is 15.9 Å². The lowest BCUT2D eigenvalue weighted by molar-refractivity contribution is -0.898. The number of quaternary nitrogens is 1. The average Bonchev–Trinajstić information content (AvgIpc) is 2.63. The molecule has 2 heterocycles. The molecule has 1 amide bonds. The third-order valence-electron chi connectivity index (χ3n) is 4.18. The monoisotopic (exact) mass is 308 g/mol. The molecule has 0 aliphatic carbocycles. The van der Waals surface area contributed by atoms with Crippen LogP contribution in [-0.2, 0) is 0 Å². The lowest BCUT2D eigenvalue weighted by Crippen LogP contribution is -3.14. The van der Waals surface area contributed by atoms with Crippen LogP contribution in [0.3, 0.4) is 0 Å². The highest BCUT2D eigenvalue weighted by atomic mass is 16.2. The predicted octanol–water partition coefficient (Wildman–Crippen LogP) is 1.14. The zero-order chi connectivity index (χ0) is 15.9. The van der Waals surface area contributed by atoms with E-state index in [1.165, 1.54) is 10.5 Å². The van der Waals surface area contributed by atoms with Crippen molar-refractivity contribution in [2.75, 3.05) is 32.7 Å². The third-order valence-corrected chi connectivity index (χ3v) is 4.18. The summed E-state index contributed by atoms with van der Waals surface area (Å²) in [7, 11) is 0. The molecule has 0 bridgehead atoms. The number of nitrogens with one attached hydrogen (secondary N) is 1. The van der Waals surface area contributed by atoms with Gasteiger partial charge in [-0.2, -0.15) is 0 Å². The molecule has 0 atom stereocenters. The Bertz CT molecular complexity index is 647. The summed E-state index contributed by atoms with van der Waals surface area (Å²) in [6.07, 6.45) is 7.73. The van der Waals surface area contributed by atoms with E-state index < -0.39 is 0 Å². The number of piperazine rings is 1. The standard InChI is InChI=1S/C19H21N3O/c23-19(18-9-4-10-20-16-18)22-14-12-21(13-15-22)11-5-8-17-6-2-1-3-7-17/h1-10,16H,11-15H2/p+1/b8-5+. The Labute approximate surface area is 137 Å². The topological polar surface area (TPSA) is 37.6 Å². The first kappa shape index (κ1) is 15.4. The Hall–Kier alpha value is -2.46. The molecule has 0 radical (unpaired) electrons. The molecule has 1 aliphatic rings. The molecule has 3 rings (SSSR count). The van der Waals surface area contributed by atoms with E-state index in [-0.39, 0.29) is 5.91 Å². The molecule has 1 aliphatic heterocycles. The minimum absolute atomic E-state index is 0.0944. The van der Waals surface area contributed by atoms with Crippen LogP contribution in [0.15, 0.2) is 60.9 Å². The molecule has 2 aromatic rings. The number of aromatic nitrogens is 1. The van der Waals surface area contributed by atoms with E-state index in [1.807, 2.05) is 23.1 Å². The van der Waals surface area contributed by atoms with Gasteiger partial charge < -0.3 is 9.80 Å². The van der Waals surface area contributed by atoms with Gasteiger partial charge in [0.2, 0.25) is 0 Å². The summed E-state index contributed by atoms with van der Waals surface area (Å²) in [5.41, 5.74) is 1.91. The van der Waals surface area contributed by atoms with Crippen molar-refractivity contribution in [1.82, 2.24) is 9.88 Å². The molecule has 0 spiro atoms. The maximum absolute atomic E-state index is 12.4. The normalized spacial score (nSPS) is 15.9. The smallest absolute Gasteiger partial charge is 0.255 e. The first-order chi connectivity index (χ1) is 11.3. The summed E-state index contributed by atoms with van der Waals surface area (Å²) in [4.78, 5) is 19.8. The number of benzene rings is 1. The number of nitrogens with zero attached hydrogens (tertiary/aromatic N) is 2. The molecule has 1 N–H and O–H groups in total. The highest BCUT2D eigenvalue weighted by molar-refractivity contribution is 5.93. The van der Waals surface area contributed by atoms with Crippen molar-refractivity contribution in [3.8, 4) is 0 Å². The maximum Gasteiger partial charge on any atom is 0.255 e. The zero-order valence-corrected chi connectivity index (χ0v) is 13.2. The quantitative estimate of drug-likeness (QED) is 0.920. The molecule has 0 saturated carbocycles. The number of carbonyl (C=O) groups excluding carboxylic acids is 1. The van der Waals surface area contributed by atoms with E-state index in [1.54, 1.807) is 12.4 Å². The predicted molar refractivity (Wildman–Crippen MR) is 91.2 cm³/mol. The molecule has 1 aromatic carbocycles. The van der Waals surface area contributed by atoms with Crippen molar-refractivity contribution in [3.05, 3.63) is 72.1 Å². The summed E-state index contributed by atoms with van der Waals surface area (Å²) >= 11 is 0. The molecule has 1 fully saturated rings. The van der Waals surface area contributed by atoms with Gasteiger partial charge in [-0.25, -0.2) is 0 Å². The Morgan fingerprint density at radius 3 is 2.61 bits per heavy atom. The van der Waals surface area contributed by atoms with E-state index >= 15 is 0 Å². The summed E-state index contributed by atoms with van der Waals surface area (Å²) in [5, 5.41) is 0. The van der Waals surface area contributed by atoms with Crippen molar-refractivity contribution in [3.63, 3.8) is 0 Å². The number of rotatable bonds is 4. The fourth-order valence-corrected chi connectivity index (χ4v) is 2.83. The van der Waals surface area contributed by atoms with Crippen molar-refractivity contribution in [2.45, 2.75) is 0 Å². The molecule has 1 saturated heterocycles. The molecular weight excluding hydrogens is 286 g/mol. The number of hydrogen-bond donors (Lipinski definition) is 1. The first-order valence-corrected chi connectivity index (χ1v) is 8.07. The van der Waals surface area contributed by atoms with E-state index in [2.05, 4.69) is 41.4 Å². The van der Waals surface area contributed by atoms with Crippen LogP contribution >= 0.6 is 0 Å². The average molecular weight is 308 g/mol. The van der Waals surface area contributed by atoms with E-state index in [0.717, 1.165) is 32.7 Å². The van der Waals surface area contributed by atoms with Crippen LogP contribution in [0.2, 0.25) is 0 Å². The van der Waals surface area contributed by atoms with Gasteiger partial charge in [0.1, 0.15) is 0 Å². The SMILES string of the molecule is O=C(c1cccnc1)N1CC[NH+](C/C=C/c2ccccc2)CC1. The first-order valence-electron chi connectivity index (χ1n) is 8.07. The van der Waals surface area contributed by atoms with Crippen LogP contribution in [0.25, 0.3) is 6.08 Å². The summed E-state index contributed by atoms with van der Waals surface area (Å²) in [6, 6.07) is 14.0. The fraction of sp³-hybridized carbons (Fsp3) is 0.263. The number of amides is 1. The van der Waals surface area contributed by atoms with Gasteiger partial charge in [0.05, 0.1) is 38.3 Å². The lowest BCUT2D eigenvalue weighted by Gasteiger charge is -2.31. The Morgan fingerprint density at radius 1 is 1.13 bits per heavy atom. The molecule has 4 heteroatoms. The van der Waals surface area contributed by atoms with E-state index in [4.69, 9.17) is 0 Å². The lowest BCUT2D eigenvalue weighted by atomic mass is 10.2. The molecule has 4 nitrogen and oxygen atoms in total.